The lowest BCUT2D eigenvalue weighted by Gasteiger charge is -2.11. The molecule has 0 bridgehead atoms. The van der Waals surface area contributed by atoms with Gasteiger partial charge in [0, 0.05) is 19.6 Å². The minimum Gasteiger partial charge on any atom is -0.348 e. The van der Waals surface area contributed by atoms with Crippen molar-refractivity contribution in [2.75, 3.05) is 29.1 Å². The molecule has 0 unspecified atom stereocenters. The number of hydrogen-bond donors (Lipinski definition) is 2. The zero-order valence-electron chi connectivity index (χ0n) is 16.9. The van der Waals surface area contributed by atoms with E-state index < -0.39 is 0 Å². The van der Waals surface area contributed by atoms with E-state index in [9.17, 15) is 9.59 Å². The van der Waals surface area contributed by atoms with Crippen molar-refractivity contribution in [2.24, 2.45) is 0 Å². The lowest BCUT2D eigenvalue weighted by molar-refractivity contribution is -0.113. The number of nitrogens with zero attached hydrogens (tertiary/aromatic N) is 3. The van der Waals surface area contributed by atoms with Gasteiger partial charge in [0.25, 0.3) is 5.91 Å². The number of thioether (sulfide) groups is 1. The van der Waals surface area contributed by atoms with E-state index >= 15 is 0 Å². The number of amides is 2. The molecule has 0 spiro atoms. The van der Waals surface area contributed by atoms with Crippen LogP contribution in [0, 0.1) is 0 Å². The number of para-hydroxylation sites is 1. The van der Waals surface area contributed by atoms with Gasteiger partial charge >= 0.3 is 0 Å². The molecular weight excluding hydrogens is 430 g/mol. The molecule has 2 N–H and O–H groups in total. The first-order chi connectivity index (χ1) is 15.2. The van der Waals surface area contributed by atoms with Crippen LogP contribution in [0.15, 0.2) is 58.9 Å². The summed E-state index contributed by atoms with van der Waals surface area (Å²) in [6.45, 7) is 2.46. The van der Waals surface area contributed by atoms with E-state index in [1.807, 2.05) is 30.3 Å². The van der Waals surface area contributed by atoms with E-state index in [2.05, 4.69) is 25.7 Å². The third-order valence-corrected chi connectivity index (χ3v) is 6.96. The zero-order chi connectivity index (χ0) is 21.5. The fourth-order valence-electron chi connectivity index (χ4n) is 3.27. The van der Waals surface area contributed by atoms with Gasteiger partial charge in [0.1, 0.15) is 0 Å². The van der Waals surface area contributed by atoms with Crippen LogP contribution in [0.3, 0.4) is 0 Å². The van der Waals surface area contributed by atoms with Crippen LogP contribution < -0.4 is 15.5 Å². The summed E-state index contributed by atoms with van der Waals surface area (Å²) in [4.78, 5) is 27.4. The Balaban J connectivity index is 1.31. The number of aromatic nitrogens is 2. The van der Waals surface area contributed by atoms with Gasteiger partial charge in [0.15, 0.2) is 4.34 Å². The normalized spacial score (nSPS) is 13.2. The van der Waals surface area contributed by atoms with E-state index in [1.165, 1.54) is 35.9 Å². The van der Waals surface area contributed by atoms with Gasteiger partial charge in [-0.2, -0.15) is 0 Å². The summed E-state index contributed by atoms with van der Waals surface area (Å²) in [7, 11) is 0. The molecule has 3 aromatic rings. The molecule has 1 saturated heterocycles. The third kappa shape index (κ3) is 5.83. The number of carbonyl (C=O) groups excluding carboxylic acids is 2. The average Bonchev–Trinajstić information content (AvgIpc) is 3.49. The van der Waals surface area contributed by atoms with Crippen LogP contribution in [0.25, 0.3) is 0 Å². The van der Waals surface area contributed by atoms with Crippen LogP contribution in [-0.4, -0.2) is 40.9 Å². The summed E-state index contributed by atoms with van der Waals surface area (Å²) < 4.78 is 0.769. The smallest absolute Gasteiger partial charge is 0.253 e. The highest BCUT2D eigenvalue weighted by molar-refractivity contribution is 8.01. The number of anilines is 2. The van der Waals surface area contributed by atoms with Gasteiger partial charge in [-0.1, -0.05) is 65.6 Å². The fraction of sp³-hybridized carbons (Fsp3) is 0.273. The maximum atomic E-state index is 12.6. The Bertz CT molecular complexity index is 1040. The van der Waals surface area contributed by atoms with E-state index in [0.29, 0.717) is 17.8 Å². The van der Waals surface area contributed by atoms with Crippen LogP contribution in [-0.2, 0) is 11.3 Å². The molecule has 2 heterocycles. The second kappa shape index (κ2) is 10.4. The summed E-state index contributed by atoms with van der Waals surface area (Å²) in [5.74, 6) is -0.216. The third-order valence-electron chi connectivity index (χ3n) is 4.84. The SMILES string of the molecule is O=C(CSc1nnc(N2CCCC2)s1)Nc1ccccc1C(=O)NCc1ccccc1. The van der Waals surface area contributed by atoms with Gasteiger partial charge in [-0.05, 0) is 30.5 Å². The summed E-state index contributed by atoms with van der Waals surface area (Å²) in [5.41, 5.74) is 1.94. The fourth-order valence-corrected chi connectivity index (χ4v) is 4.97. The molecule has 0 radical (unpaired) electrons. The minimum absolute atomic E-state index is 0.189. The number of carbonyl (C=O) groups is 2. The van der Waals surface area contributed by atoms with Gasteiger partial charge in [-0.15, -0.1) is 10.2 Å². The first-order valence-corrected chi connectivity index (χ1v) is 11.9. The molecule has 1 aliphatic heterocycles. The second-order valence-electron chi connectivity index (χ2n) is 7.10. The number of rotatable bonds is 8. The second-order valence-corrected chi connectivity index (χ2v) is 9.27. The highest BCUT2D eigenvalue weighted by Crippen LogP contribution is 2.30. The van der Waals surface area contributed by atoms with Crippen molar-refractivity contribution in [3.63, 3.8) is 0 Å². The molecule has 0 atom stereocenters. The minimum atomic E-state index is -0.230. The van der Waals surface area contributed by atoms with Crippen molar-refractivity contribution in [1.82, 2.24) is 15.5 Å². The molecule has 4 rings (SSSR count). The maximum Gasteiger partial charge on any atom is 0.253 e. The first-order valence-electron chi connectivity index (χ1n) is 10.1. The van der Waals surface area contributed by atoms with E-state index in [0.717, 1.165) is 28.1 Å². The highest BCUT2D eigenvalue weighted by Gasteiger charge is 2.18. The molecule has 1 aromatic heterocycles. The Morgan fingerprint density at radius 1 is 1.00 bits per heavy atom. The molecule has 9 heteroatoms. The van der Waals surface area contributed by atoms with Crippen molar-refractivity contribution in [3.05, 3.63) is 65.7 Å². The predicted octanol–water partition coefficient (Wildman–Crippen LogP) is 3.80. The van der Waals surface area contributed by atoms with Crippen molar-refractivity contribution in [3.8, 4) is 0 Å². The Kier molecular flexibility index (Phi) is 7.16. The molecular formula is C22H23N5O2S2. The largest absolute Gasteiger partial charge is 0.348 e. The van der Waals surface area contributed by atoms with Crippen molar-refractivity contribution >= 4 is 45.7 Å². The average molecular weight is 454 g/mol. The Morgan fingerprint density at radius 3 is 2.55 bits per heavy atom. The van der Waals surface area contributed by atoms with E-state index in [-0.39, 0.29) is 17.6 Å². The highest BCUT2D eigenvalue weighted by atomic mass is 32.2. The standard InChI is InChI=1S/C22H23N5O2S2/c28-19(15-30-22-26-25-21(31-22)27-12-6-7-13-27)24-18-11-5-4-10-17(18)20(29)23-14-16-8-2-1-3-9-16/h1-5,8-11H,6-7,12-15H2,(H,23,29)(H,24,28). The molecule has 1 aliphatic rings. The number of nitrogens with one attached hydrogen (secondary N) is 2. The molecule has 2 aromatic carbocycles. The van der Waals surface area contributed by atoms with Crippen molar-refractivity contribution in [1.29, 1.82) is 0 Å². The first kappa shape index (κ1) is 21.3. The van der Waals surface area contributed by atoms with Crippen LogP contribution >= 0.6 is 23.1 Å². The van der Waals surface area contributed by atoms with Gasteiger partial charge < -0.3 is 15.5 Å². The molecule has 160 valence electrons. The van der Waals surface area contributed by atoms with Crippen LogP contribution in [0.4, 0.5) is 10.8 Å². The predicted molar refractivity (Wildman–Crippen MR) is 125 cm³/mol. The molecule has 2 amide bonds. The number of benzene rings is 2. The van der Waals surface area contributed by atoms with Gasteiger partial charge in [-0.3, -0.25) is 9.59 Å². The quantitative estimate of drug-likeness (QED) is 0.505. The molecule has 1 fully saturated rings. The summed E-state index contributed by atoms with van der Waals surface area (Å²) in [6.07, 6.45) is 2.37. The van der Waals surface area contributed by atoms with Crippen molar-refractivity contribution in [2.45, 2.75) is 23.7 Å². The summed E-state index contributed by atoms with van der Waals surface area (Å²) in [5, 5.41) is 15.1. The summed E-state index contributed by atoms with van der Waals surface area (Å²) >= 11 is 2.87. The molecule has 0 saturated carbocycles. The lowest BCUT2D eigenvalue weighted by Crippen LogP contribution is -2.25. The van der Waals surface area contributed by atoms with Gasteiger partial charge in [0.2, 0.25) is 11.0 Å². The maximum absolute atomic E-state index is 12.6. The summed E-state index contributed by atoms with van der Waals surface area (Å²) in [6, 6.07) is 16.7. The van der Waals surface area contributed by atoms with Crippen molar-refractivity contribution < 1.29 is 9.59 Å². The van der Waals surface area contributed by atoms with E-state index in [1.54, 1.807) is 24.3 Å². The molecule has 31 heavy (non-hydrogen) atoms. The van der Waals surface area contributed by atoms with Crippen LogP contribution in [0.2, 0.25) is 0 Å². The number of hydrogen-bond acceptors (Lipinski definition) is 7. The molecule has 7 nitrogen and oxygen atoms in total. The topological polar surface area (TPSA) is 87.2 Å². The Morgan fingerprint density at radius 2 is 1.74 bits per heavy atom. The van der Waals surface area contributed by atoms with E-state index in [4.69, 9.17) is 0 Å². The monoisotopic (exact) mass is 453 g/mol. The van der Waals surface area contributed by atoms with Crippen LogP contribution in [0.5, 0.6) is 0 Å². The Hall–Kier alpha value is -2.91. The lowest BCUT2D eigenvalue weighted by atomic mass is 10.1. The van der Waals surface area contributed by atoms with Gasteiger partial charge in [0.05, 0.1) is 17.0 Å². The van der Waals surface area contributed by atoms with Crippen LogP contribution in [0.1, 0.15) is 28.8 Å². The molecule has 0 aliphatic carbocycles. The zero-order valence-corrected chi connectivity index (χ0v) is 18.5. The Labute approximate surface area is 189 Å². The van der Waals surface area contributed by atoms with Gasteiger partial charge in [-0.25, -0.2) is 0 Å².